The summed E-state index contributed by atoms with van der Waals surface area (Å²) in [5.41, 5.74) is 2.53. The average molecular weight is 266 g/mol. The normalized spacial score (nSPS) is 21.4. The number of rotatable bonds is 1. The van der Waals surface area contributed by atoms with E-state index in [9.17, 15) is 0 Å². The van der Waals surface area contributed by atoms with Gasteiger partial charge in [0.2, 0.25) is 0 Å². The molecule has 2 aliphatic heterocycles. The van der Waals surface area contributed by atoms with Gasteiger partial charge in [-0.25, -0.2) is 4.99 Å². The fraction of sp³-hybridized carbons (Fsp3) is 0.333. The van der Waals surface area contributed by atoms with Gasteiger partial charge in [0.1, 0.15) is 9.63 Å². The molecule has 3 rings (SSSR count). The molecule has 0 aromatic heterocycles. The lowest BCUT2D eigenvalue weighted by Crippen LogP contribution is -2.10. The van der Waals surface area contributed by atoms with Crippen LogP contribution in [0, 0.1) is 4.58 Å². The topological polar surface area (TPSA) is 12.4 Å². The molecule has 1 radical (unpaired) electrons. The van der Waals surface area contributed by atoms with Crippen molar-refractivity contribution in [1.82, 2.24) is 0 Å². The van der Waals surface area contributed by atoms with E-state index >= 15 is 0 Å². The molecule has 0 saturated carbocycles. The second kappa shape index (κ2) is 5.07. The zero-order chi connectivity index (χ0) is 10.8. The summed E-state index contributed by atoms with van der Waals surface area (Å²) in [5.74, 6) is 3.58. The highest BCUT2D eigenvalue weighted by molar-refractivity contribution is 8.27. The summed E-state index contributed by atoms with van der Waals surface area (Å²) in [6, 6.07) is 8.46. The molecule has 0 bridgehead atoms. The summed E-state index contributed by atoms with van der Waals surface area (Å²) in [5, 5.41) is 1.24. The maximum Gasteiger partial charge on any atom is 0.139 e. The molecule has 0 N–H and O–H groups in total. The quantitative estimate of drug-likeness (QED) is 0.751. The van der Waals surface area contributed by atoms with Crippen LogP contribution in [0.4, 0.5) is 5.69 Å². The van der Waals surface area contributed by atoms with Crippen LogP contribution in [0.25, 0.3) is 0 Å². The predicted octanol–water partition coefficient (Wildman–Crippen LogP) is 4.32. The molecule has 0 spiro atoms. The minimum Gasteiger partial charge on any atom is -0.244 e. The molecule has 2 heterocycles. The standard InChI is InChI=1S/C12H12NS3/c1-2-5-10-9(4-1)8-16-11(13-10)12-14-6-3-7-15-12/h1-2,4-5H,3,6-8H2. The third-order valence-corrected chi connectivity index (χ3v) is 6.39. The zero-order valence-electron chi connectivity index (χ0n) is 8.81. The molecule has 1 aromatic rings. The first-order valence-corrected chi connectivity index (χ1v) is 8.31. The molecule has 0 aliphatic carbocycles. The monoisotopic (exact) mass is 266 g/mol. The van der Waals surface area contributed by atoms with Crippen molar-refractivity contribution >= 4 is 46.0 Å². The van der Waals surface area contributed by atoms with Crippen molar-refractivity contribution in [1.29, 1.82) is 0 Å². The highest BCUT2D eigenvalue weighted by atomic mass is 32.2. The van der Waals surface area contributed by atoms with E-state index in [0.717, 1.165) is 11.4 Å². The van der Waals surface area contributed by atoms with Gasteiger partial charge in [-0.1, -0.05) is 18.2 Å². The molecular weight excluding hydrogens is 254 g/mol. The van der Waals surface area contributed by atoms with Crippen molar-refractivity contribution < 1.29 is 0 Å². The molecule has 0 unspecified atom stereocenters. The van der Waals surface area contributed by atoms with Gasteiger partial charge in [-0.2, -0.15) is 0 Å². The molecule has 1 nitrogen and oxygen atoms in total. The third-order valence-electron chi connectivity index (χ3n) is 2.51. The van der Waals surface area contributed by atoms with Crippen molar-refractivity contribution in [3.05, 3.63) is 34.4 Å². The number of benzene rings is 1. The molecular formula is C12H12NS3. The first kappa shape index (κ1) is 11.1. The van der Waals surface area contributed by atoms with E-state index in [-0.39, 0.29) is 0 Å². The summed E-state index contributed by atoms with van der Waals surface area (Å²) in [4.78, 5) is 4.77. The maximum absolute atomic E-state index is 4.77. The van der Waals surface area contributed by atoms with Crippen LogP contribution in [0.3, 0.4) is 0 Å². The van der Waals surface area contributed by atoms with Gasteiger partial charge in [0, 0.05) is 5.75 Å². The molecule has 2 aliphatic rings. The van der Waals surface area contributed by atoms with Gasteiger partial charge in [0.15, 0.2) is 0 Å². The van der Waals surface area contributed by atoms with Gasteiger partial charge in [-0.05, 0) is 29.6 Å². The Balaban J connectivity index is 1.85. The number of para-hydroxylation sites is 1. The third kappa shape index (κ3) is 2.29. The summed E-state index contributed by atoms with van der Waals surface area (Å²) < 4.78 is 1.44. The van der Waals surface area contributed by atoms with Crippen molar-refractivity contribution in [2.24, 2.45) is 4.99 Å². The lowest BCUT2D eigenvalue weighted by atomic mass is 10.2. The van der Waals surface area contributed by atoms with Crippen LogP contribution in [0.1, 0.15) is 12.0 Å². The first-order valence-electron chi connectivity index (χ1n) is 5.36. The Bertz CT molecular complexity index is 410. The number of thioether (sulfide) groups is 3. The van der Waals surface area contributed by atoms with Crippen LogP contribution in [0.5, 0.6) is 0 Å². The minimum atomic E-state index is 1.07. The fourth-order valence-electron chi connectivity index (χ4n) is 1.69. The molecule has 4 heteroatoms. The van der Waals surface area contributed by atoms with Crippen molar-refractivity contribution in [2.45, 2.75) is 12.2 Å². The van der Waals surface area contributed by atoms with E-state index in [1.165, 1.54) is 33.1 Å². The van der Waals surface area contributed by atoms with Gasteiger partial charge < -0.3 is 0 Å². The summed E-state index contributed by atoms with van der Waals surface area (Å²) >= 11 is 5.83. The van der Waals surface area contributed by atoms with Crippen molar-refractivity contribution in [3.8, 4) is 0 Å². The molecule has 1 aromatic carbocycles. The molecule has 83 valence electrons. The molecule has 1 fully saturated rings. The van der Waals surface area contributed by atoms with Crippen molar-refractivity contribution in [2.75, 3.05) is 11.5 Å². The highest BCUT2D eigenvalue weighted by Gasteiger charge is 2.24. The van der Waals surface area contributed by atoms with Crippen LogP contribution < -0.4 is 0 Å². The Kier molecular flexibility index (Phi) is 3.50. The van der Waals surface area contributed by atoms with Crippen LogP contribution in [-0.4, -0.2) is 16.5 Å². The zero-order valence-corrected chi connectivity index (χ0v) is 11.3. The minimum absolute atomic E-state index is 1.07. The SMILES string of the molecule is c1ccc2c(c1)CSC([C]1SCCCS1)=N2. The maximum atomic E-state index is 4.77. The Labute approximate surface area is 109 Å². The second-order valence-corrected chi connectivity index (χ2v) is 7.11. The summed E-state index contributed by atoms with van der Waals surface area (Å²) in [7, 11) is 0. The predicted molar refractivity (Wildman–Crippen MR) is 77.6 cm³/mol. The van der Waals surface area contributed by atoms with Crippen LogP contribution in [-0.2, 0) is 5.75 Å². The summed E-state index contributed by atoms with van der Waals surface area (Å²) in [6.07, 6.45) is 1.33. The van der Waals surface area contributed by atoms with Crippen LogP contribution in [0.2, 0.25) is 0 Å². The van der Waals surface area contributed by atoms with E-state index in [1.807, 2.05) is 35.3 Å². The van der Waals surface area contributed by atoms with Gasteiger partial charge >= 0.3 is 0 Å². The van der Waals surface area contributed by atoms with E-state index in [1.54, 1.807) is 0 Å². The average Bonchev–Trinajstić information content (AvgIpc) is 2.39. The number of aliphatic imine (C=N–C) groups is 1. The lowest BCUT2D eigenvalue weighted by molar-refractivity contribution is 1.12. The van der Waals surface area contributed by atoms with Gasteiger partial charge in [0.25, 0.3) is 0 Å². The van der Waals surface area contributed by atoms with Gasteiger partial charge in [-0.3, -0.25) is 0 Å². The first-order chi connectivity index (χ1) is 7.93. The fourth-order valence-corrected chi connectivity index (χ4v) is 5.51. The Morgan fingerprint density at radius 1 is 1.00 bits per heavy atom. The number of hydrogen-bond donors (Lipinski definition) is 0. The van der Waals surface area contributed by atoms with E-state index in [0.29, 0.717) is 0 Å². The number of hydrogen-bond acceptors (Lipinski definition) is 4. The van der Waals surface area contributed by atoms with E-state index in [4.69, 9.17) is 4.99 Å². The van der Waals surface area contributed by atoms with E-state index in [2.05, 4.69) is 24.3 Å². The smallest absolute Gasteiger partial charge is 0.139 e. The largest absolute Gasteiger partial charge is 0.244 e. The Hall–Kier alpha value is -0.0600. The van der Waals surface area contributed by atoms with Crippen LogP contribution >= 0.6 is 35.3 Å². The molecule has 1 saturated heterocycles. The number of nitrogens with zero attached hydrogens (tertiary/aromatic N) is 1. The lowest BCUT2D eigenvalue weighted by Gasteiger charge is -2.23. The van der Waals surface area contributed by atoms with E-state index < -0.39 is 0 Å². The molecule has 16 heavy (non-hydrogen) atoms. The van der Waals surface area contributed by atoms with Gasteiger partial charge in [-0.15, -0.1) is 35.3 Å². The summed E-state index contributed by atoms with van der Waals surface area (Å²) in [6.45, 7) is 0. The number of fused-ring (bicyclic) bond motifs is 1. The Morgan fingerprint density at radius 3 is 2.69 bits per heavy atom. The van der Waals surface area contributed by atoms with Crippen LogP contribution in [0.15, 0.2) is 29.3 Å². The highest BCUT2D eigenvalue weighted by Crippen LogP contribution is 2.45. The van der Waals surface area contributed by atoms with Crippen molar-refractivity contribution in [3.63, 3.8) is 0 Å². The molecule has 0 amide bonds. The Morgan fingerprint density at radius 2 is 1.81 bits per heavy atom. The van der Waals surface area contributed by atoms with Gasteiger partial charge in [0.05, 0.1) is 5.69 Å². The second-order valence-electron chi connectivity index (χ2n) is 3.67. The molecule has 0 atom stereocenters.